The highest BCUT2D eigenvalue weighted by atomic mass is 79.9. The lowest BCUT2D eigenvalue weighted by Gasteiger charge is -2.01. The number of aromatic nitrogens is 1. The van der Waals surface area contributed by atoms with Crippen LogP contribution in [0.1, 0.15) is 28.9 Å². The molecule has 20 heavy (non-hydrogen) atoms. The first kappa shape index (κ1) is 13.4. The third-order valence-electron chi connectivity index (χ3n) is 3.59. The van der Waals surface area contributed by atoms with Gasteiger partial charge >= 0.3 is 0 Å². The van der Waals surface area contributed by atoms with Gasteiger partial charge in [0.1, 0.15) is 5.82 Å². The van der Waals surface area contributed by atoms with Gasteiger partial charge in [-0.15, -0.1) is 0 Å². The summed E-state index contributed by atoms with van der Waals surface area (Å²) in [6.07, 6.45) is 3.25. The molecule has 5 heteroatoms. The van der Waals surface area contributed by atoms with Gasteiger partial charge < -0.3 is 10.7 Å². The summed E-state index contributed by atoms with van der Waals surface area (Å²) in [5, 5.41) is 0. The summed E-state index contributed by atoms with van der Waals surface area (Å²) in [4.78, 5) is 14.8. The van der Waals surface area contributed by atoms with Crippen LogP contribution in [-0.2, 0) is 6.42 Å². The number of primary amides is 1. The Bertz CT molecular complexity index is 677. The molecule has 104 valence electrons. The number of halogens is 2. The molecular formula is C15H14BrFN2O. The molecular weight excluding hydrogens is 323 g/mol. The summed E-state index contributed by atoms with van der Waals surface area (Å²) in [6.45, 7) is 0. The molecule has 0 bridgehead atoms. The normalized spacial score (nSPS) is 14.5. The van der Waals surface area contributed by atoms with Crippen molar-refractivity contribution in [3.63, 3.8) is 0 Å². The highest BCUT2D eigenvalue weighted by Crippen LogP contribution is 2.34. The standard InChI is InChI=1S/C15H14BrFN2O/c16-11-6-9(3-4-12(11)17)13-7-10(15(18)20)14(19-13)5-8-1-2-8/h3-4,6-8,19H,1-2,5H2,(H2,18,20). The molecule has 0 atom stereocenters. The molecule has 3 nitrogen and oxygen atoms in total. The molecule has 1 aliphatic rings. The molecule has 3 N–H and O–H groups in total. The van der Waals surface area contributed by atoms with Crippen molar-refractivity contribution in [2.45, 2.75) is 19.3 Å². The first-order valence-corrected chi connectivity index (χ1v) is 7.31. The fourth-order valence-electron chi connectivity index (χ4n) is 2.31. The molecule has 0 radical (unpaired) electrons. The quantitative estimate of drug-likeness (QED) is 0.879. The molecule has 0 saturated heterocycles. The molecule has 1 amide bonds. The van der Waals surface area contributed by atoms with Crippen molar-refractivity contribution >= 4 is 21.8 Å². The van der Waals surface area contributed by atoms with E-state index >= 15 is 0 Å². The Kier molecular flexibility index (Phi) is 3.38. The SMILES string of the molecule is NC(=O)c1cc(-c2ccc(F)c(Br)c2)[nH]c1CC1CC1. The number of nitrogens with two attached hydrogens (primary N) is 1. The van der Waals surface area contributed by atoms with Gasteiger partial charge in [0.25, 0.3) is 5.91 Å². The van der Waals surface area contributed by atoms with Gasteiger partial charge in [-0.25, -0.2) is 4.39 Å². The van der Waals surface area contributed by atoms with Gasteiger partial charge in [-0.1, -0.05) is 0 Å². The number of carbonyl (C=O) groups is 1. The minimum atomic E-state index is -0.427. The van der Waals surface area contributed by atoms with E-state index in [2.05, 4.69) is 20.9 Å². The second kappa shape index (κ2) is 5.05. The third kappa shape index (κ3) is 2.63. The van der Waals surface area contributed by atoms with Crippen molar-refractivity contribution in [1.82, 2.24) is 4.98 Å². The molecule has 1 aliphatic carbocycles. The average molecular weight is 337 g/mol. The fraction of sp³-hybridized carbons (Fsp3) is 0.267. The molecule has 0 unspecified atom stereocenters. The number of aromatic amines is 1. The Hall–Kier alpha value is -1.62. The molecule has 1 saturated carbocycles. The number of carbonyl (C=O) groups excluding carboxylic acids is 1. The van der Waals surface area contributed by atoms with Gasteiger partial charge in [-0.2, -0.15) is 0 Å². The Morgan fingerprint density at radius 3 is 2.75 bits per heavy atom. The Morgan fingerprint density at radius 1 is 1.40 bits per heavy atom. The summed E-state index contributed by atoms with van der Waals surface area (Å²) >= 11 is 3.17. The fourth-order valence-corrected chi connectivity index (χ4v) is 2.69. The smallest absolute Gasteiger partial charge is 0.250 e. The monoisotopic (exact) mass is 336 g/mol. The summed E-state index contributed by atoms with van der Waals surface area (Å²) in [7, 11) is 0. The highest BCUT2D eigenvalue weighted by Gasteiger charge is 2.25. The van der Waals surface area contributed by atoms with Gasteiger partial charge in [0.05, 0.1) is 10.0 Å². The van der Waals surface area contributed by atoms with Crippen LogP contribution in [0.2, 0.25) is 0 Å². The number of H-pyrrole nitrogens is 1. The summed E-state index contributed by atoms with van der Waals surface area (Å²) in [5.74, 6) is -0.0856. The van der Waals surface area contributed by atoms with E-state index in [1.165, 1.54) is 18.9 Å². The molecule has 2 aromatic rings. The van der Waals surface area contributed by atoms with Crippen LogP contribution in [0.15, 0.2) is 28.7 Å². The zero-order valence-corrected chi connectivity index (χ0v) is 12.3. The molecule has 1 fully saturated rings. The van der Waals surface area contributed by atoms with E-state index < -0.39 is 5.91 Å². The van der Waals surface area contributed by atoms with Gasteiger partial charge in [0, 0.05) is 11.4 Å². The first-order valence-electron chi connectivity index (χ1n) is 6.51. The molecule has 1 aromatic carbocycles. The van der Waals surface area contributed by atoms with Crippen molar-refractivity contribution in [2.24, 2.45) is 11.7 Å². The van der Waals surface area contributed by atoms with Gasteiger partial charge in [-0.3, -0.25) is 4.79 Å². The van der Waals surface area contributed by atoms with E-state index in [1.54, 1.807) is 18.2 Å². The Balaban J connectivity index is 2.00. The minimum absolute atomic E-state index is 0.311. The highest BCUT2D eigenvalue weighted by molar-refractivity contribution is 9.10. The van der Waals surface area contributed by atoms with Crippen LogP contribution in [0.5, 0.6) is 0 Å². The van der Waals surface area contributed by atoms with Crippen LogP contribution in [-0.4, -0.2) is 10.9 Å². The second-order valence-corrected chi connectivity index (χ2v) is 6.07. The number of hydrogen-bond donors (Lipinski definition) is 2. The maximum Gasteiger partial charge on any atom is 0.250 e. The van der Waals surface area contributed by atoms with Crippen molar-refractivity contribution in [3.8, 4) is 11.3 Å². The van der Waals surface area contributed by atoms with E-state index in [0.29, 0.717) is 16.0 Å². The number of benzene rings is 1. The molecule has 0 aliphatic heterocycles. The van der Waals surface area contributed by atoms with Gasteiger partial charge in [0.2, 0.25) is 0 Å². The lowest BCUT2D eigenvalue weighted by atomic mass is 10.1. The van der Waals surface area contributed by atoms with Crippen LogP contribution in [0.4, 0.5) is 4.39 Å². The Morgan fingerprint density at radius 2 is 2.15 bits per heavy atom. The van der Waals surface area contributed by atoms with Crippen LogP contribution in [0.25, 0.3) is 11.3 Å². The van der Waals surface area contributed by atoms with Crippen molar-refractivity contribution in [2.75, 3.05) is 0 Å². The van der Waals surface area contributed by atoms with E-state index in [9.17, 15) is 9.18 Å². The van der Waals surface area contributed by atoms with Gasteiger partial charge in [-0.05, 0) is 70.9 Å². The molecule has 1 aromatic heterocycles. The third-order valence-corrected chi connectivity index (χ3v) is 4.19. The van der Waals surface area contributed by atoms with Crippen LogP contribution >= 0.6 is 15.9 Å². The van der Waals surface area contributed by atoms with Crippen LogP contribution in [0.3, 0.4) is 0 Å². The maximum atomic E-state index is 13.3. The predicted molar refractivity (Wildman–Crippen MR) is 78.8 cm³/mol. The predicted octanol–water partition coefficient (Wildman–Crippen LogP) is 3.63. The average Bonchev–Trinajstić information content (AvgIpc) is 3.10. The van der Waals surface area contributed by atoms with Crippen molar-refractivity contribution in [3.05, 3.63) is 45.8 Å². The zero-order chi connectivity index (χ0) is 14.3. The zero-order valence-electron chi connectivity index (χ0n) is 10.7. The molecule has 1 heterocycles. The second-order valence-electron chi connectivity index (χ2n) is 5.22. The van der Waals surface area contributed by atoms with Crippen molar-refractivity contribution < 1.29 is 9.18 Å². The first-order chi connectivity index (χ1) is 9.54. The maximum absolute atomic E-state index is 13.3. The number of rotatable bonds is 4. The summed E-state index contributed by atoms with van der Waals surface area (Å²) in [5.41, 5.74) is 8.46. The minimum Gasteiger partial charge on any atom is -0.366 e. The summed E-state index contributed by atoms with van der Waals surface area (Å²) in [6, 6.07) is 6.51. The van der Waals surface area contributed by atoms with Crippen LogP contribution < -0.4 is 5.73 Å². The summed E-state index contributed by atoms with van der Waals surface area (Å²) < 4.78 is 13.7. The van der Waals surface area contributed by atoms with E-state index in [4.69, 9.17) is 5.73 Å². The topological polar surface area (TPSA) is 58.9 Å². The molecule has 0 spiro atoms. The number of nitrogens with one attached hydrogen (secondary N) is 1. The molecule has 3 rings (SSSR count). The number of hydrogen-bond acceptors (Lipinski definition) is 1. The Labute approximate surface area is 124 Å². The lowest BCUT2D eigenvalue weighted by Crippen LogP contribution is -2.12. The van der Waals surface area contributed by atoms with E-state index in [1.807, 2.05) is 0 Å². The number of amides is 1. The van der Waals surface area contributed by atoms with Gasteiger partial charge in [0.15, 0.2) is 0 Å². The largest absolute Gasteiger partial charge is 0.366 e. The van der Waals surface area contributed by atoms with Crippen LogP contribution in [0, 0.1) is 11.7 Å². The van der Waals surface area contributed by atoms with E-state index in [0.717, 1.165) is 23.4 Å². The van der Waals surface area contributed by atoms with Crippen molar-refractivity contribution in [1.29, 1.82) is 0 Å². The lowest BCUT2D eigenvalue weighted by molar-refractivity contribution is 0.0999. The van der Waals surface area contributed by atoms with E-state index in [-0.39, 0.29) is 5.82 Å².